The molecule has 0 saturated carbocycles. The third kappa shape index (κ3) is 2.66. The second-order valence-corrected chi connectivity index (χ2v) is 5.24. The zero-order valence-corrected chi connectivity index (χ0v) is 12.4. The second-order valence-electron chi connectivity index (χ2n) is 5.24. The summed E-state index contributed by atoms with van der Waals surface area (Å²) < 4.78 is 0. The molecular weight excluding hydrogens is 274 g/mol. The summed E-state index contributed by atoms with van der Waals surface area (Å²) in [6.07, 6.45) is 1.67. The molecule has 2 aromatic rings. The summed E-state index contributed by atoms with van der Waals surface area (Å²) in [7, 11) is 0. The summed E-state index contributed by atoms with van der Waals surface area (Å²) in [5.74, 6) is -0.0553. The number of rotatable bonds is 3. The van der Waals surface area contributed by atoms with Gasteiger partial charge in [0.25, 0.3) is 0 Å². The number of anilines is 1. The van der Waals surface area contributed by atoms with E-state index in [2.05, 4.69) is 0 Å². The van der Waals surface area contributed by atoms with Crippen molar-refractivity contribution < 1.29 is 9.90 Å². The van der Waals surface area contributed by atoms with E-state index in [-0.39, 0.29) is 11.5 Å². The summed E-state index contributed by atoms with van der Waals surface area (Å²) in [5.41, 5.74) is 3.31. The molecule has 0 radical (unpaired) electrons. The van der Waals surface area contributed by atoms with E-state index >= 15 is 0 Å². The molecular formula is C19H17NO2. The van der Waals surface area contributed by atoms with E-state index in [0.717, 1.165) is 16.9 Å². The van der Waals surface area contributed by atoms with Crippen LogP contribution in [-0.2, 0) is 4.79 Å². The largest absolute Gasteiger partial charge is 0.507 e. The van der Waals surface area contributed by atoms with Crippen molar-refractivity contribution in [3.05, 3.63) is 83.6 Å². The van der Waals surface area contributed by atoms with Crippen LogP contribution in [0.5, 0.6) is 0 Å². The van der Waals surface area contributed by atoms with E-state index in [9.17, 15) is 9.90 Å². The van der Waals surface area contributed by atoms with Gasteiger partial charge >= 0.3 is 0 Å². The Labute approximate surface area is 129 Å². The Kier molecular flexibility index (Phi) is 3.79. The SMILES string of the molecule is CC(=O)C1=C(O)C=C(c2ccccc2)N(c2ccccc2)C1. The lowest BCUT2D eigenvalue weighted by Crippen LogP contribution is -2.30. The minimum absolute atomic E-state index is 0.0542. The number of aliphatic hydroxyl groups excluding tert-OH is 1. The smallest absolute Gasteiger partial charge is 0.161 e. The maximum atomic E-state index is 11.8. The van der Waals surface area contributed by atoms with Gasteiger partial charge in [-0.25, -0.2) is 0 Å². The Hall–Kier alpha value is -2.81. The normalized spacial score (nSPS) is 14.8. The number of aliphatic hydroxyl groups is 1. The Bertz CT molecular complexity index is 746. The van der Waals surface area contributed by atoms with Crippen molar-refractivity contribution in [2.75, 3.05) is 11.4 Å². The lowest BCUT2D eigenvalue weighted by Gasteiger charge is -2.31. The second kappa shape index (κ2) is 5.90. The van der Waals surface area contributed by atoms with Crippen LogP contribution in [0.15, 0.2) is 78.1 Å². The highest BCUT2D eigenvalue weighted by Crippen LogP contribution is 2.32. The molecule has 0 bridgehead atoms. The van der Waals surface area contributed by atoms with E-state index in [1.54, 1.807) is 6.08 Å². The molecule has 1 heterocycles. The van der Waals surface area contributed by atoms with Gasteiger partial charge in [0.2, 0.25) is 0 Å². The molecule has 0 aliphatic carbocycles. The fraction of sp³-hybridized carbons (Fsp3) is 0.105. The summed E-state index contributed by atoms with van der Waals surface area (Å²) in [6, 6.07) is 19.7. The highest BCUT2D eigenvalue weighted by atomic mass is 16.3. The van der Waals surface area contributed by atoms with Crippen LogP contribution in [0.2, 0.25) is 0 Å². The highest BCUT2D eigenvalue weighted by Gasteiger charge is 2.24. The Morgan fingerprint density at radius 1 is 1.00 bits per heavy atom. The fourth-order valence-electron chi connectivity index (χ4n) is 2.60. The standard InChI is InChI=1S/C19H17NO2/c1-14(21)17-13-20(16-10-6-3-7-11-16)18(12-19(17)22)15-8-4-2-5-9-15/h2-12,22H,13H2,1H3. The van der Waals surface area contributed by atoms with Crippen molar-refractivity contribution in [3.8, 4) is 0 Å². The average Bonchev–Trinajstić information content (AvgIpc) is 2.56. The van der Waals surface area contributed by atoms with E-state index in [4.69, 9.17) is 0 Å². The number of Topliss-reactive ketones (excluding diaryl/α,β-unsaturated/α-hetero) is 1. The van der Waals surface area contributed by atoms with E-state index in [1.807, 2.05) is 65.6 Å². The third-order valence-corrected chi connectivity index (χ3v) is 3.75. The predicted molar refractivity (Wildman–Crippen MR) is 88.5 cm³/mol. The fourth-order valence-corrected chi connectivity index (χ4v) is 2.60. The molecule has 1 aliphatic heterocycles. The summed E-state index contributed by atoms with van der Waals surface area (Å²) in [5, 5.41) is 10.2. The average molecular weight is 291 g/mol. The maximum absolute atomic E-state index is 11.8. The van der Waals surface area contributed by atoms with Crippen LogP contribution in [0.4, 0.5) is 5.69 Å². The third-order valence-electron chi connectivity index (χ3n) is 3.75. The van der Waals surface area contributed by atoms with Crippen molar-refractivity contribution in [2.24, 2.45) is 0 Å². The van der Waals surface area contributed by atoms with Crippen LogP contribution in [0.1, 0.15) is 12.5 Å². The van der Waals surface area contributed by atoms with Crippen molar-refractivity contribution in [1.82, 2.24) is 0 Å². The molecule has 3 rings (SSSR count). The molecule has 1 N–H and O–H groups in total. The number of hydrogen-bond acceptors (Lipinski definition) is 3. The molecule has 3 nitrogen and oxygen atoms in total. The molecule has 0 unspecified atom stereocenters. The Morgan fingerprint density at radius 2 is 1.59 bits per heavy atom. The quantitative estimate of drug-likeness (QED) is 0.931. The van der Waals surface area contributed by atoms with Gasteiger partial charge in [0, 0.05) is 11.8 Å². The van der Waals surface area contributed by atoms with Crippen molar-refractivity contribution >= 4 is 17.2 Å². The van der Waals surface area contributed by atoms with E-state index < -0.39 is 0 Å². The molecule has 110 valence electrons. The van der Waals surface area contributed by atoms with Gasteiger partial charge in [-0.15, -0.1) is 0 Å². The minimum Gasteiger partial charge on any atom is -0.507 e. The first kappa shape index (κ1) is 14.1. The van der Waals surface area contributed by atoms with Gasteiger partial charge in [-0.05, 0) is 24.6 Å². The zero-order chi connectivity index (χ0) is 15.5. The molecule has 22 heavy (non-hydrogen) atoms. The predicted octanol–water partition coefficient (Wildman–Crippen LogP) is 3.95. The van der Waals surface area contributed by atoms with Gasteiger partial charge in [0.15, 0.2) is 5.78 Å². The summed E-state index contributed by atoms with van der Waals surface area (Å²) in [4.78, 5) is 13.8. The van der Waals surface area contributed by atoms with Crippen molar-refractivity contribution in [2.45, 2.75) is 6.92 Å². The Balaban J connectivity index is 2.12. The molecule has 0 saturated heterocycles. The van der Waals surface area contributed by atoms with Crippen LogP contribution in [-0.4, -0.2) is 17.4 Å². The van der Waals surface area contributed by atoms with Crippen LogP contribution in [0, 0.1) is 0 Å². The number of para-hydroxylation sites is 1. The molecule has 0 spiro atoms. The number of benzene rings is 2. The number of allylic oxidation sites excluding steroid dienone is 1. The molecule has 0 atom stereocenters. The number of carbonyl (C=O) groups is 1. The van der Waals surface area contributed by atoms with Gasteiger partial charge < -0.3 is 10.0 Å². The van der Waals surface area contributed by atoms with Gasteiger partial charge in [0.1, 0.15) is 5.76 Å². The van der Waals surface area contributed by atoms with Crippen LogP contribution in [0.25, 0.3) is 5.70 Å². The molecule has 0 fully saturated rings. The van der Waals surface area contributed by atoms with Crippen LogP contribution < -0.4 is 4.90 Å². The van der Waals surface area contributed by atoms with Crippen molar-refractivity contribution in [1.29, 1.82) is 0 Å². The minimum atomic E-state index is -0.109. The van der Waals surface area contributed by atoms with Crippen molar-refractivity contribution in [3.63, 3.8) is 0 Å². The number of ketones is 1. The molecule has 0 aromatic heterocycles. The van der Waals surface area contributed by atoms with E-state index in [1.165, 1.54) is 6.92 Å². The lowest BCUT2D eigenvalue weighted by atomic mass is 10.0. The first-order valence-electron chi connectivity index (χ1n) is 7.19. The Morgan fingerprint density at radius 3 is 2.18 bits per heavy atom. The first-order chi connectivity index (χ1) is 10.7. The number of nitrogens with zero attached hydrogens (tertiary/aromatic N) is 1. The van der Waals surface area contributed by atoms with E-state index in [0.29, 0.717) is 12.1 Å². The molecule has 2 aromatic carbocycles. The lowest BCUT2D eigenvalue weighted by molar-refractivity contribution is -0.113. The monoisotopic (exact) mass is 291 g/mol. The van der Waals surface area contributed by atoms with Gasteiger partial charge in [-0.3, -0.25) is 4.79 Å². The van der Waals surface area contributed by atoms with Crippen LogP contribution in [0.3, 0.4) is 0 Å². The topological polar surface area (TPSA) is 40.5 Å². The maximum Gasteiger partial charge on any atom is 0.161 e. The molecule has 1 aliphatic rings. The highest BCUT2D eigenvalue weighted by molar-refractivity contribution is 5.98. The summed E-state index contributed by atoms with van der Waals surface area (Å²) in [6.45, 7) is 1.85. The number of carbonyl (C=O) groups excluding carboxylic acids is 1. The first-order valence-corrected chi connectivity index (χ1v) is 7.19. The van der Waals surface area contributed by atoms with Gasteiger partial charge in [0.05, 0.1) is 17.8 Å². The number of hydrogen-bond donors (Lipinski definition) is 1. The molecule has 3 heteroatoms. The summed E-state index contributed by atoms with van der Waals surface area (Å²) >= 11 is 0. The zero-order valence-electron chi connectivity index (χ0n) is 12.4. The van der Waals surface area contributed by atoms with Gasteiger partial charge in [-0.1, -0.05) is 48.5 Å². The molecule has 0 amide bonds. The van der Waals surface area contributed by atoms with Gasteiger partial charge in [-0.2, -0.15) is 0 Å². The van der Waals surface area contributed by atoms with Crippen LogP contribution >= 0.6 is 0 Å².